The molecular formula is C16H12ClNO3. The molecular weight excluding hydrogens is 290 g/mol. The van der Waals surface area contributed by atoms with Gasteiger partial charge in [0.05, 0.1) is 5.52 Å². The van der Waals surface area contributed by atoms with Crippen molar-refractivity contribution in [2.75, 3.05) is 0 Å². The first-order chi connectivity index (χ1) is 10.1. The van der Waals surface area contributed by atoms with Crippen LogP contribution in [0.1, 0.15) is 10.5 Å². The van der Waals surface area contributed by atoms with E-state index in [1.165, 1.54) is 0 Å². The Morgan fingerprint density at radius 1 is 1.19 bits per heavy atom. The van der Waals surface area contributed by atoms with Crippen LogP contribution >= 0.6 is 11.6 Å². The summed E-state index contributed by atoms with van der Waals surface area (Å²) in [5, 5.41) is 10.7. The average molecular weight is 302 g/mol. The lowest BCUT2D eigenvalue weighted by molar-refractivity contribution is 0.0684. The summed E-state index contributed by atoms with van der Waals surface area (Å²) in [6.07, 6.45) is 0. The Morgan fingerprint density at radius 2 is 1.90 bits per heavy atom. The van der Waals surface area contributed by atoms with Crippen LogP contribution in [0, 0.1) is 0 Å². The highest BCUT2D eigenvalue weighted by molar-refractivity contribution is 6.31. The fourth-order valence-electron chi connectivity index (χ4n) is 2.33. The van der Waals surface area contributed by atoms with Gasteiger partial charge < -0.3 is 14.4 Å². The lowest BCUT2D eigenvalue weighted by atomic mass is 10.2. The first kappa shape index (κ1) is 13.5. The van der Waals surface area contributed by atoms with E-state index in [4.69, 9.17) is 16.3 Å². The number of halogens is 1. The molecule has 0 spiro atoms. The lowest BCUT2D eigenvalue weighted by Gasteiger charge is -2.06. The van der Waals surface area contributed by atoms with Crippen molar-refractivity contribution in [1.29, 1.82) is 0 Å². The first-order valence-corrected chi connectivity index (χ1v) is 6.70. The summed E-state index contributed by atoms with van der Waals surface area (Å²) >= 11 is 6.02. The number of nitrogens with zero attached hydrogens (tertiary/aromatic N) is 1. The minimum absolute atomic E-state index is 0.0936. The molecule has 0 saturated heterocycles. The largest absolute Gasteiger partial charge is 0.476 e. The Hall–Kier alpha value is -2.46. The predicted molar refractivity (Wildman–Crippen MR) is 81.4 cm³/mol. The third-order valence-corrected chi connectivity index (χ3v) is 3.52. The SMILES string of the molecule is Cn1c(C(=O)O)c(Oc2ccccc2)c2cc(Cl)ccc21. The molecule has 1 heterocycles. The zero-order chi connectivity index (χ0) is 15.0. The minimum atomic E-state index is -1.05. The van der Waals surface area contributed by atoms with Gasteiger partial charge in [0, 0.05) is 17.5 Å². The second-order valence-corrected chi connectivity index (χ2v) is 5.05. The standard InChI is InChI=1S/C16H12ClNO3/c1-18-13-8-7-10(17)9-12(13)15(14(18)16(19)20)21-11-5-3-2-4-6-11/h2-9H,1H3,(H,19,20). The van der Waals surface area contributed by atoms with Gasteiger partial charge in [-0.1, -0.05) is 29.8 Å². The maximum Gasteiger partial charge on any atom is 0.356 e. The molecule has 0 unspecified atom stereocenters. The highest BCUT2D eigenvalue weighted by atomic mass is 35.5. The fourth-order valence-corrected chi connectivity index (χ4v) is 2.51. The molecule has 0 fully saturated rings. The molecule has 0 radical (unpaired) electrons. The Labute approximate surface area is 126 Å². The number of aryl methyl sites for hydroxylation is 1. The number of carboxylic acids is 1. The van der Waals surface area contributed by atoms with Gasteiger partial charge in [-0.25, -0.2) is 4.79 Å². The van der Waals surface area contributed by atoms with Gasteiger partial charge in [-0.2, -0.15) is 0 Å². The van der Waals surface area contributed by atoms with Gasteiger partial charge in [0.25, 0.3) is 0 Å². The molecule has 1 aromatic heterocycles. The molecule has 0 atom stereocenters. The van der Waals surface area contributed by atoms with Crippen LogP contribution in [0.2, 0.25) is 5.02 Å². The van der Waals surface area contributed by atoms with Gasteiger partial charge in [-0.3, -0.25) is 0 Å². The van der Waals surface area contributed by atoms with Crippen molar-refractivity contribution in [2.24, 2.45) is 7.05 Å². The van der Waals surface area contributed by atoms with E-state index < -0.39 is 5.97 Å². The molecule has 3 rings (SSSR count). The number of benzene rings is 2. The van der Waals surface area contributed by atoms with Crippen molar-refractivity contribution < 1.29 is 14.6 Å². The number of para-hydroxylation sites is 1. The van der Waals surface area contributed by atoms with Crippen molar-refractivity contribution >= 4 is 28.5 Å². The number of carbonyl (C=O) groups is 1. The van der Waals surface area contributed by atoms with E-state index in [2.05, 4.69) is 0 Å². The molecule has 0 bridgehead atoms. The maximum atomic E-state index is 11.6. The quantitative estimate of drug-likeness (QED) is 0.783. The van der Waals surface area contributed by atoms with Gasteiger partial charge in [-0.15, -0.1) is 0 Å². The molecule has 1 N–H and O–H groups in total. The monoisotopic (exact) mass is 301 g/mol. The third kappa shape index (κ3) is 2.34. The number of hydrogen-bond donors (Lipinski definition) is 1. The average Bonchev–Trinajstić information content (AvgIpc) is 2.72. The molecule has 0 aliphatic rings. The second-order valence-electron chi connectivity index (χ2n) is 4.62. The fraction of sp³-hybridized carbons (Fsp3) is 0.0625. The van der Waals surface area contributed by atoms with E-state index in [0.717, 1.165) is 5.52 Å². The highest BCUT2D eigenvalue weighted by Crippen LogP contribution is 2.37. The summed E-state index contributed by atoms with van der Waals surface area (Å²) in [6, 6.07) is 14.3. The smallest absolute Gasteiger partial charge is 0.356 e. The lowest BCUT2D eigenvalue weighted by Crippen LogP contribution is -2.05. The summed E-state index contributed by atoms with van der Waals surface area (Å²) in [5.74, 6) is -0.170. The third-order valence-electron chi connectivity index (χ3n) is 3.28. The van der Waals surface area contributed by atoms with Gasteiger partial charge >= 0.3 is 5.97 Å². The van der Waals surface area contributed by atoms with Crippen LogP contribution < -0.4 is 4.74 Å². The zero-order valence-electron chi connectivity index (χ0n) is 11.2. The molecule has 5 heteroatoms. The number of ether oxygens (including phenoxy) is 1. The maximum absolute atomic E-state index is 11.6. The molecule has 3 aromatic rings. The number of carboxylic acid groups (broad SMARTS) is 1. The van der Waals surface area contributed by atoms with E-state index in [1.807, 2.05) is 18.2 Å². The van der Waals surface area contributed by atoms with Crippen molar-refractivity contribution in [3.8, 4) is 11.5 Å². The van der Waals surface area contributed by atoms with E-state index in [9.17, 15) is 9.90 Å². The van der Waals surface area contributed by atoms with E-state index in [0.29, 0.717) is 21.9 Å². The molecule has 21 heavy (non-hydrogen) atoms. The summed E-state index contributed by atoms with van der Waals surface area (Å²) in [5.41, 5.74) is 0.846. The van der Waals surface area contributed by atoms with Gasteiger partial charge in [0.2, 0.25) is 0 Å². The van der Waals surface area contributed by atoms with Crippen LogP contribution in [0.3, 0.4) is 0 Å². The Balaban J connectivity index is 2.25. The Kier molecular flexibility index (Phi) is 3.31. The minimum Gasteiger partial charge on any atom is -0.476 e. The molecule has 0 saturated carbocycles. The molecule has 0 aliphatic heterocycles. The van der Waals surface area contributed by atoms with Crippen molar-refractivity contribution in [2.45, 2.75) is 0 Å². The summed E-state index contributed by atoms with van der Waals surface area (Å²) in [7, 11) is 1.69. The molecule has 0 amide bonds. The van der Waals surface area contributed by atoms with Crippen LogP contribution in [0.4, 0.5) is 0 Å². The van der Waals surface area contributed by atoms with E-state index >= 15 is 0 Å². The number of fused-ring (bicyclic) bond motifs is 1. The van der Waals surface area contributed by atoms with Crippen LogP contribution in [0.15, 0.2) is 48.5 Å². The highest BCUT2D eigenvalue weighted by Gasteiger charge is 2.22. The molecule has 0 aliphatic carbocycles. The van der Waals surface area contributed by atoms with Crippen LogP contribution in [0.25, 0.3) is 10.9 Å². The van der Waals surface area contributed by atoms with Crippen molar-refractivity contribution in [3.63, 3.8) is 0 Å². The topological polar surface area (TPSA) is 51.5 Å². The van der Waals surface area contributed by atoms with Gasteiger partial charge in [0.1, 0.15) is 5.75 Å². The van der Waals surface area contributed by atoms with E-state index in [1.54, 1.807) is 41.9 Å². The molecule has 4 nitrogen and oxygen atoms in total. The van der Waals surface area contributed by atoms with Gasteiger partial charge in [-0.05, 0) is 30.3 Å². The van der Waals surface area contributed by atoms with Crippen LogP contribution in [-0.2, 0) is 7.05 Å². The summed E-state index contributed by atoms with van der Waals surface area (Å²) in [4.78, 5) is 11.6. The predicted octanol–water partition coefficient (Wildman–Crippen LogP) is 4.32. The summed E-state index contributed by atoms with van der Waals surface area (Å²) < 4.78 is 7.39. The second kappa shape index (κ2) is 5.14. The molecule has 106 valence electrons. The van der Waals surface area contributed by atoms with Crippen LogP contribution in [0.5, 0.6) is 11.5 Å². The number of hydrogen-bond acceptors (Lipinski definition) is 2. The number of rotatable bonds is 3. The Bertz CT molecular complexity index is 824. The van der Waals surface area contributed by atoms with Crippen molar-refractivity contribution in [1.82, 2.24) is 4.57 Å². The number of aromatic nitrogens is 1. The normalized spacial score (nSPS) is 10.8. The Morgan fingerprint density at radius 3 is 2.57 bits per heavy atom. The first-order valence-electron chi connectivity index (χ1n) is 6.32. The van der Waals surface area contributed by atoms with Crippen LogP contribution in [-0.4, -0.2) is 15.6 Å². The van der Waals surface area contributed by atoms with Gasteiger partial charge in [0.15, 0.2) is 11.4 Å². The number of aromatic carboxylic acids is 1. The zero-order valence-corrected chi connectivity index (χ0v) is 12.0. The summed E-state index contributed by atoms with van der Waals surface area (Å²) in [6.45, 7) is 0. The van der Waals surface area contributed by atoms with E-state index in [-0.39, 0.29) is 5.69 Å². The van der Waals surface area contributed by atoms with Crippen molar-refractivity contribution in [3.05, 3.63) is 59.2 Å². The molecule has 2 aromatic carbocycles.